The molecule has 0 bridgehead atoms. The Hall–Kier alpha value is -2.75. The van der Waals surface area contributed by atoms with Crippen molar-refractivity contribution in [1.29, 1.82) is 0 Å². The molecular weight excluding hydrogens is 236 g/mol. The van der Waals surface area contributed by atoms with E-state index in [0.717, 1.165) is 17.1 Å². The second-order valence-electron chi connectivity index (χ2n) is 4.07. The van der Waals surface area contributed by atoms with E-state index < -0.39 is 0 Å². The summed E-state index contributed by atoms with van der Waals surface area (Å²) in [6, 6.07) is 20.0. The molecule has 0 unspecified atom stereocenters. The van der Waals surface area contributed by atoms with E-state index in [0.29, 0.717) is 0 Å². The first-order valence-corrected chi connectivity index (χ1v) is 6.05. The van der Waals surface area contributed by atoms with Crippen molar-refractivity contribution in [2.24, 2.45) is 0 Å². The molecule has 4 nitrogen and oxygen atoms in total. The Morgan fingerprint density at radius 3 is 2.26 bits per heavy atom. The zero-order valence-electron chi connectivity index (χ0n) is 10.3. The van der Waals surface area contributed by atoms with E-state index in [1.165, 1.54) is 0 Å². The quantitative estimate of drug-likeness (QED) is 0.724. The van der Waals surface area contributed by atoms with Gasteiger partial charge in [0.05, 0.1) is 0 Å². The van der Waals surface area contributed by atoms with Crippen LogP contribution in [0.25, 0.3) is 17.8 Å². The summed E-state index contributed by atoms with van der Waals surface area (Å²) in [5, 5.41) is 10.8. The number of nitrogens with one attached hydrogen (secondary N) is 1. The van der Waals surface area contributed by atoms with Crippen molar-refractivity contribution in [1.82, 2.24) is 15.5 Å². The van der Waals surface area contributed by atoms with Crippen LogP contribution in [0.2, 0.25) is 0 Å². The molecule has 0 amide bonds. The number of hydrogen-bond acceptors (Lipinski definition) is 2. The lowest BCUT2D eigenvalue weighted by molar-refractivity contribution is -0.662. The van der Waals surface area contributed by atoms with E-state index in [1.807, 2.05) is 77.5 Å². The number of tetrazole rings is 1. The van der Waals surface area contributed by atoms with Gasteiger partial charge in [-0.25, -0.2) is 0 Å². The Balaban J connectivity index is 1.91. The molecule has 0 atom stereocenters. The first-order valence-electron chi connectivity index (χ1n) is 6.05. The van der Waals surface area contributed by atoms with Crippen molar-refractivity contribution >= 4 is 12.2 Å². The highest BCUT2D eigenvalue weighted by Crippen LogP contribution is 2.04. The molecule has 3 rings (SSSR count). The molecule has 92 valence electrons. The van der Waals surface area contributed by atoms with E-state index in [-0.39, 0.29) is 0 Å². The van der Waals surface area contributed by atoms with Gasteiger partial charge in [0.1, 0.15) is 10.8 Å². The summed E-state index contributed by atoms with van der Waals surface area (Å²) in [7, 11) is 0. The highest BCUT2D eigenvalue weighted by atomic mass is 15.5. The number of nitrogens with zero attached hydrogens (tertiary/aromatic N) is 3. The number of rotatable bonds is 3. The lowest BCUT2D eigenvalue weighted by Gasteiger charge is -1.95. The van der Waals surface area contributed by atoms with Gasteiger partial charge in [0.15, 0.2) is 5.21 Å². The van der Waals surface area contributed by atoms with Gasteiger partial charge in [-0.1, -0.05) is 53.7 Å². The van der Waals surface area contributed by atoms with E-state index in [4.69, 9.17) is 0 Å². The molecule has 0 radical (unpaired) electrons. The highest BCUT2D eigenvalue weighted by Gasteiger charge is 2.12. The van der Waals surface area contributed by atoms with Gasteiger partial charge in [0.25, 0.3) is 0 Å². The minimum absolute atomic E-state index is 0.759. The average molecular weight is 249 g/mol. The Kier molecular flexibility index (Phi) is 3.14. The second kappa shape index (κ2) is 5.27. The monoisotopic (exact) mass is 249 g/mol. The second-order valence-corrected chi connectivity index (χ2v) is 4.07. The smallest absolute Gasteiger partial charge is 0.123 e. The maximum atomic E-state index is 4.08. The molecule has 0 spiro atoms. The van der Waals surface area contributed by atoms with Crippen molar-refractivity contribution in [3.8, 4) is 5.69 Å². The van der Waals surface area contributed by atoms with Crippen LogP contribution in [0, 0.1) is 0 Å². The first kappa shape index (κ1) is 11.3. The minimum atomic E-state index is 0.759. The van der Waals surface area contributed by atoms with Crippen molar-refractivity contribution < 1.29 is 4.68 Å². The average Bonchev–Trinajstić information content (AvgIpc) is 2.95. The molecule has 0 fully saturated rings. The van der Waals surface area contributed by atoms with Gasteiger partial charge in [-0.2, -0.15) is 0 Å². The summed E-state index contributed by atoms with van der Waals surface area (Å²) in [4.78, 5) is 0. The molecule has 0 saturated carbocycles. The summed E-state index contributed by atoms with van der Waals surface area (Å²) in [6.45, 7) is 0. The van der Waals surface area contributed by atoms with E-state index in [1.54, 1.807) is 0 Å². The zero-order chi connectivity index (χ0) is 12.9. The Labute approximate surface area is 111 Å². The normalized spacial score (nSPS) is 10.9. The molecule has 0 saturated heterocycles. The topological polar surface area (TPSA) is 45.5 Å². The largest absolute Gasteiger partial charge is 0.329 e. The Bertz CT molecular complexity index is 672. The Morgan fingerprint density at radius 2 is 1.53 bits per heavy atom. The van der Waals surface area contributed by atoms with Crippen LogP contribution in [0.3, 0.4) is 0 Å². The molecule has 1 heterocycles. The molecule has 0 aliphatic heterocycles. The van der Waals surface area contributed by atoms with Crippen LogP contribution in [0.1, 0.15) is 11.4 Å². The molecule has 19 heavy (non-hydrogen) atoms. The molecular formula is C15H13N4+. The van der Waals surface area contributed by atoms with E-state index in [2.05, 4.69) is 15.5 Å². The van der Waals surface area contributed by atoms with Crippen LogP contribution in [-0.4, -0.2) is 15.5 Å². The number of benzene rings is 2. The lowest BCUT2D eigenvalue weighted by Crippen LogP contribution is -2.35. The van der Waals surface area contributed by atoms with Crippen LogP contribution in [0.4, 0.5) is 0 Å². The third kappa shape index (κ3) is 2.57. The summed E-state index contributed by atoms with van der Waals surface area (Å²) in [6.07, 6.45) is 3.95. The SMILES string of the molecule is C(=Cc1nn[nH][n+]1-c1ccccc1)c1ccccc1. The van der Waals surface area contributed by atoms with Crippen LogP contribution in [0.5, 0.6) is 0 Å². The van der Waals surface area contributed by atoms with Crippen molar-refractivity contribution in [3.05, 3.63) is 72.1 Å². The van der Waals surface area contributed by atoms with E-state index >= 15 is 0 Å². The lowest BCUT2D eigenvalue weighted by atomic mass is 10.2. The van der Waals surface area contributed by atoms with Gasteiger partial charge in [0, 0.05) is 6.08 Å². The third-order valence-corrected chi connectivity index (χ3v) is 2.77. The van der Waals surface area contributed by atoms with Gasteiger partial charge in [-0.3, -0.25) is 0 Å². The zero-order valence-corrected chi connectivity index (χ0v) is 10.3. The van der Waals surface area contributed by atoms with Gasteiger partial charge in [-0.15, -0.1) is 4.68 Å². The number of para-hydroxylation sites is 1. The molecule has 1 aromatic heterocycles. The fourth-order valence-electron chi connectivity index (χ4n) is 1.82. The molecule has 4 heteroatoms. The number of aromatic amines is 1. The fraction of sp³-hybridized carbons (Fsp3) is 0. The van der Waals surface area contributed by atoms with Crippen LogP contribution < -0.4 is 4.68 Å². The van der Waals surface area contributed by atoms with Gasteiger partial charge >= 0.3 is 5.82 Å². The fourth-order valence-corrected chi connectivity index (χ4v) is 1.82. The highest BCUT2D eigenvalue weighted by molar-refractivity contribution is 5.65. The number of H-pyrrole nitrogens is 1. The molecule has 1 N–H and O–H groups in total. The number of aromatic nitrogens is 4. The molecule has 0 aliphatic rings. The summed E-state index contributed by atoms with van der Waals surface area (Å²) >= 11 is 0. The van der Waals surface area contributed by atoms with Crippen molar-refractivity contribution in [3.63, 3.8) is 0 Å². The maximum Gasteiger partial charge on any atom is 0.329 e. The minimum Gasteiger partial charge on any atom is -0.123 e. The Morgan fingerprint density at radius 1 is 0.842 bits per heavy atom. The van der Waals surface area contributed by atoms with Crippen molar-refractivity contribution in [2.75, 3.05) is 0 Å². The van der Waals surface area contributed by atoms with Gasteiger partial charge in [-0.05, 0) is 23.8 Å². The van der Waals surface area contributed by atoms with Crippen LogP contribution >= 0.6 is 0 Å². The van der Waals surface area contributed by atoms with E-state index in [9.17, 15) is 0 Å². The molecule has 3 aromatic rings. The third-order valence-electron chi connectivity index (χ3n) is 2.77. The number of hydrogen-bond donors (Lipinski definition) is 1. The predicted octanol–water partition coefficient (Wildman–Crippen LogP) is 2.25. The van der Waals surface area contributed by atoms with Crippen LogP contribution in [0.15, 0.2) is 60.7 Å². The van der Waals surface area contributed by atoms with Gasteiger partial charge < -0.3 is 0 Å². The summed E-state index contributed by atoms with van der Waals surface area (Å²) < 4.78 is 1.83. The summed E-state index contributed by atoms with van der Waals surface area (Å²) in [5.41, 5.74) is 2.13. The standard InChI is InChI=1S/C15H12N4/c1-3-7-13(8-4-1)11-12-15-16-17-18-19(15)14-9-5-2-6-10-14/h1-12H/p+1. The van der Waals surface area contributed by atoms with Crippen molar-refractivity contribution in [2.45, 2.75) is 0 Å². The first-order chi connectivity index (χ1) is 9.43. The predicted molar refractivity (Wildman–Crippen MR) is 73.3 cm³/mol. The summed E-state index contributed by atoms with van der Waals surface area (Å²) in [5.74, 6) is 0.759. The van der Waals surface area contributed by atoms with Crippen LogP contribution in [-0.2, 0) is 0 Å². The molecule has 0 aliphatic carbocycles. The molecule has 2 aromatic carbocycles. The maximum absolute atomic E-state index is 4.08. The van der Waals surface area contributed by atoms with Gasteiger partial charge in [0.2, 0.25) is 0 Å².